The summed E-state index contributed by atoms with van der Waals surface area (Å²) in [5.74, 6) is -1.69. The van der Waals surface area contributed by atoms with Gasteiger partial charge in [-0.2, -0.15) is 0 Å². The van der Waals surface area contributed by atoms with E-state index in [1.165, 1.54) is 30.0 Å². The summed E-state index contributed by atoms with van der Waals surface area (Å²) in [5, 5.41) is 5.40. The molecule has 2 aromatic rings. The number of benzene rings is 2. The van der Waals surface area contributed by atoms with Crippen LogP contribution in [0.2, 0.25) is 0 Å². The maximum absolute atomic E-state index is 13.4. The number of hydrogen-bond acceptors (Lipinski definition) is 3. The van der Waals surface area contributed by atoms with Crippen molar-refractivity contribution in [3.63, 3.8) is 0 Å². The van der Waals surface area contributed by atoms with Crippen LogP contribution in [-0.4, -0.2) is 24.3 Å². The van der Waals surface area contributed by atoms with Gasteiger partial charge in [0.2, 0.25) is 17.7 Å². The molecule has 1 heterocycles. The fraction of sp³-hybridized carbons (Fsp3) is 0.211. The first-order chi connectivity index (χ1) is 12.4. The third-order valence-corrected chi connectivity index (χ3v) is 4.07. The predicted molar refractivity (Wildman–Crippen MR) is 96.2 cm³/mol. The largest absolute Gasteiger partial charge is 0.326 e. The van der Waals surface area contributed by atoms with Crippen molar-refractivity contribution >= 4 is 34.8 Å². The first-order valence-electron chi connectivity index (χ1n) is 8.17. The van der Waals surface area contributed by atoms with E-state index in [1.807, 2.05) is 0 Å². The van der Waals surface area contributed by atoms with Crippen LogP contribution in [0.1, 0.15) is 13.3 Å². The molecule has 0 aliphatic carbocycles. The van der Waals surface area contributed by atoms with Crippen LogP contribution in [0.25, 0.3) is 0 Å². The molecule has 26 heavy (non-hydrogen) atoms. The summed E-state index contributed by atoms with van der Waals surface area (Å²) in [6.45, 7) is 1.59. The third kappa shape index (κ3) is 4.05. The molecule has 1 fully saturated rings. The Morgan fingerprint density at radius 2 is 1.77 bits per heavy atom. The lowest BCUT2D eigenvalue weighted by molar-refractivity contribution is -0.122. The Labute approximate surface area is 150 Å². The minimum absolute atomic E-state index is 0.0632. The van der Waals surface area contributed by atoms with Crippen molar-refractivity contribution in [1.82, 2.24) is 0 Å². The van der Waals surface area contributed by atoms with Crippen LogP contribution < -0.4 is 15.5 Å². The van der Waals surface area contributed by atoms with Crippen molar-refractivity contribution in [1.29, 1.82) is 0 Å². The molecular weight excluding hydrogens is 337 g/mol. The second kappa shape index (κ2) is 7.35. The normalized spacial score (nSPS) is 16.5. The third-order valence-electron chi connectivity index (χ3n) is 4.07. The van der Waals surface area contributed by atoms with Crippen LogP contribution in [0.5, 0.6) is 0 Å². The van der Waals surface area contributed by atoms with E-state index in [2.05, 4.69) is 10.6 Å². The molecule has 3 rings (SSSR count). The van der Waals surface area contributed by atoms with Crippen molar-refractivity contribution in [2.24, 2.45) is 5.92 Å². The Kier molecular flexibility index (Phi) is 4.97. The van der Waals surface area contributed by atoms with E-state index < -0.39 is 11.7 Å². The van der Waals surface area contributed by atoms with E-state index in [0.29, 0.717) is 17.1 Å². The minimum Gasteiger partial charge on any atom is -0.326 e. The fourth-order valence-electron chi connectivity index (χ4n) is 2.90. The highest BCUT2D eigenvalue weighted by Gasteiger charge is 2.35. The summed E-state index contributed by atoms with van der Waals surface area (Å²) in [7, 11) is 0. The average molecular weight is 355 g/mol. The summed E-state index contributed by atoms with van der Waals surface area (Å²) in [6.07, 6.45) is 0.0632. The van der Waals surface area contributed by atoms with E-state index in [9.17, 15) is 18.8 Å². The predicted octanol–water partition coefficient (Wildman–Crippen LogP) is 2.78. The van der Waals surface area contributed by atoms with Gasteiger partial charge in [0.05, 0.1) is 5.92 Å². The van der Waals surface area contributed by atoms with E-state index in [-0.39, 0.29) is 30.7 Å². The second-order valence-corrected chi connectivity index (χ2v) is 6.14. The maximum Gasteiger partial charge on any atom is 0.229 e. The molecule has 3 amide bonds. The van der Waals surface area contributed by atoms with Gasteiger partial charge in [0, 0.05) is 37.0 Å². The molecule has 1 saturated heterocycles. The lowest BCUT2D eigenvalue weighted by atomic mass is 10.1. The number of anilines is 3. The second-order valence-electron chi connectivity index (χ2n) is 6.14. The summed E-state index contributed by atoms with van der Waals surface area (Å²) >= 11 is 0. The smallest absolute Gasteiger partial charge is 0.229 e. The van der Waals surface area contributed by atoms with Crippen molar-refractivity contribution < 1.29 is 18.8 Å². The number of halogens is 1. The van der Waals surface area contributed by atoms with Gasteiger partial charge in [0.1, 0.15) is 5.82 Å². The van der Waals surface area contributed by atoms with Gasteiger partial charge >= 0.3 is 0 Å². The van der Waals surface area contributed by atoms with Gasteiger partial charge in [-0.15, -0.1) is 0 Å². The Balaban J connectivity index is 1.68. The summed E-state index contributed by atoms with van der Waals surface area (Å²) in [6, 6.07) is 12.5. The highest BCUT2D eigenvalue weighted by atomic mass is 19.1. The SMILES string of the molecule is CC(=O)Nc1cccc(NC(=O)C2CC(=O)N(c3cccc(F)c3)C2)c1. The van der Waals surface area contributed by atoms with Crippen LogP contribution in [-0.2, 0) is 14.4 Å². The average Bonchev–Trinajstić information content (AvgIpc) is 2.96. The van der Waals surface area contributed by atoms with Crippen LogP contribution in [0.4, 0.5) is 21.5 Å². The van der Waals surface area contributed by atoms with Crippen LogP contribution >= 0.6 is 0 Å². The molecule has 134 valence electrons. The van der Waals surface area contributed by atoms with Gasteiger partial charge in [-0.05, 0) is 36.4 Å². The molecule has 7 heteroatoms. The first kappa shape index (κ1) is 17.6. The molecule has 1 aliphatic heterocycles. The van der Waals surface area contributed by atoms with Crippen LogP contribution in [0, 0.1) is 11.7 Å². The zero-order valence-corrected chi connectivity index (χ0v) is 14.2. The zero-order valence-electron chi connectivity index (χ0n) is 14.2. The topological polar surface area (TPSA) is 78.5 Å². The Bertz CT molecular complexity index is 869. The molecule has 0 radical (unpaired) electrons. The summed E-state index contributed by atoms with van der Waals surface area (Å²) in [4.78, 5) is 37.2. The molecule has 1 unspecified atom stereocenters. The highest BCUT2D eigenvalue weighted by Crippen LogP contribution is 2.26. The van der Waals surface area contributed by atoms with Gasteiger partial charge in [0.15, 0.2) is 0 Å². The number of amides is 3. The minimum atomic E-state index is -0.532. The summed E-state index contributed by atoms with van der Waals surface area (Å²) < 4.78 is 13.4. The number of hydrogen-bond donors (Lipinski definition) is 2. The number of nitrogens with zero attached hydrogens (tertiary/aromatic N) is 1. The van der Waals surface area contributed by atoms with Gasteiger partial charge in [0.25, 0.3) is 0 Å². The molecule has 1 aliphatic rings. The molecule has 0 spiro atoms. The van der Waals surface area contributed by atoms with Gasteiger partial charge in [-0.25, -0.2) is 4.39 Å². The lowest BCUT2D eigenvalue weighted by Gasteiger charge is -2.17. The van der Waals surface area contributed by atoms with Crippen molar-refractivity contribution in [3.05, 3.63) is 54.3 Å². The van der Waals surface area contributed by atoms with Gasteiger partial charge in [-0.1, -0.05) is 12.1 Å². The summed E-state index contributed by atoms with van der Waals surface area (Å²) in [5.41, 5.74) is 1.54. The first-order valence-corrected chi connectivity index (χ1v) is 8.17. The quantitative estimate of drug-likeness (QED) is 0.885. The van der Waals surface area contributed by atoms with Crippen molar-refractivity contribution in [2.45, 2.75) is 13.3 Å². The molecular formula is C19H18FN3O3. The highest BCUT2D eigenvalue weighted by molar-refractivity contribution is 6.03. The molecule has 1 atom stereocenters. The number of rotatable bonds is 4. The van der Waals surface area contributed by atoms with E-state index in [4.69, 9.17) is 0 Å². The monoisotopic (exact) mass is 355 g/mol. The fourth-order valence-corrected chi connectivity index (χ4v) is 2.90. The Morgan fingerprint density at radius 1 is 1.08 bits per heavy atom. The Hall–Kier alpha value is -3.22. The van der Waals surface area contributed by atoms with Crippen LogP contribution in [0.3, 0.4) is 0 Å². The van der Waals surface area contributed by atoms with Gasteiger partial charge < -0.3 is 15.5 Å². The molecule has 2 N–H and O–H groups in total. The van der Waals surface area contributed by atoms with Gasteiger partial charge in [-0.3, -0.25) is 14.4 Å². The zero-order chi connectivity index (χ0) is 18.7. The lowest BCUT2D eigenvalue weighted by Crippen LogP contribution is -2.28. The molecule has 0 aromatic heterocycles. The van der Waals surface area contributed by atoms with E-state index >= 15 is 0 Å². The van der Waals surface area contributed by atoms with Crippen LogP contribution in [0.15, 0.2) is 48.5 Å². The molecule has 2 aromatic carbocycles. The molecule has 6 nitrogen and oxygen atoms in total. The number of nitrogens with one attached hydrogen (secondary N) is 2. The number of carbonyl (C=O) groups is 3. The molecule has 0 bridgehead atoms. The standard InChI is InChI=1S/C19H18FN3O3/c1-12(24)21-15-5-3-6-16(10-15)22-19(26)13-8-18(25)23(11-13)17-7-2-4-14(20)9-17/h2-7,9-10,13H,8,11H2,1H3,(H,21,24)(H,22,26). The molecule has 0 saturated carbocycles. The maximum atomic E-state index is 13.4. The van der Waals surface area contributed by atoms with E-state index in [1.54, 1.807) is 30.3 Å². The van der Waals surface area contributed by atoms with E-state index in [0.717, 1.165) is 0 Å². The van der Waals surface area contributed by atoms with Crippen molar-refractivity contribution in [3.8, 4) is 0 Å². The number of carbonyl (C=O) groups excluding carboxylic acids is 3. The Morgan fingerprint density at radius 3 is 2.46 bits per heavy atom. The van der Waals surface area contributed by atoms with Crippen molar-refractivity contribution in [2.75, 3.05) is 22.1 Å².